The highest BCUT2D eigenvalue weighted by Gasteiger charge is 2.51. The van der Waals surface area contributed by atoms with E-state index in [1.807, 2.05) is 0 Å². The van der Waals surface area contributed by atoms with Crippen LogP contribution < -0.4 is 5.73 Å². The molecule has 2 fully saturated rings. The van der Waals surface area contributed by atoms with E-state index in [0.29, 0.717) is 11.0 Å². The third kappa shape index (κ3) is 1.83. The van der Waals surface area contributed by atoms with E-state index in [-0.39, 0.29) is 0 Å². The minimum atomic E-state index is 0.319. The molecule has 2 unspecified atom stereocenters. The zero-order valence-corrected chi connectivity index (χ0v) is 10.6. The Balaban J connectivity index is 2.20. The SMILES string of the molecule is CC1CC(C)(C)CC1(CN)N1CCCC1. The van der Waals surface area contributed by atoms with Crippen molar-refractivity contribution in [3.05, 3.63) is 0 Å². The molecule has 1 aliphatic heterocycles. The summed E-state index contributed by atoms with van der Waals surface area (Å²) < 4.78 is 0. The van der Waals surface area contributed by atoms with Crippen molar-refractivity contribution in [1.29, 1.82) is 0 Å². The highest BCUT2D eigenvalue weighted by atomic mass is 15.2. The molecule has 2 N–H and O–H groups in total. The summed E-state index contributed by atoms with van der Waals surface area (Å²) in [6, 6.07) is 0. The third-order valence-electron chi connectivity index (χ3n) is 4.65. The van der Waals surface area contributed by atoms with Crippen LogP contribution in [0.15, 0.2) is 0 Å². The van der Waals surface area contributed by atoms with Crippen molar-refractivity contribution in [2.45, 2.75) is 52.0 Å². The normalized spacial score (nSPS) is 41.2. The molecule has 0 bridgehead atoms. The second kappa shape index (κ2) is 3.74. The van der Waals surface area contributed by atoms with E-state index in [0.717, 1.165) is 12.5 Å². The molecule has 0 aromatic carbocycles. The van der Waals surface area contributed by atoms with Gasteiger partial charge in [-0.3, -0.25) is 4.90 Å². The third-order valence-corrected chi connectivity index (χ3v) is 4.65. The van der Waals surface area contributed by atoms with Crippen LogP contribution in [0.25, 0.3) is 0 Å². The number of nitrogens with zero attached hydrogens (tertiary/aromatic N) is 1. The largest absolute Gasteiger partial charge is 0.329 e. The van der Waals surface area contributed by atoms with Gasteiger partial charge in [0.2, 0.25) is 0 Å². The van der Waals surface area contributed by atoms with E-state index in [1.165, 1.54) is 38.8 Å². The number of hydrogen-bond donors (Lipinski definition) is 1. The molecule has 0 aromatic rings. The minimum Gasteiger partial charge on any atom is -0.329 e. The average Bonchev–Trinajstić information content (AvgIpc) is 2.71. The fraction of sp³-hybridized carbons (Fsp3) is 1.00. The highest BCUT2D eigenvalue weighted by molar-refractivity contribution is 5.06. The molecule has 1 saturated heterocycles. The molecule has 0 radical (unpaired) electrons. The zero-order chi connectivity index (χ0) is 11.1. The van der Waals surface area contributed by atoms with Gasteiger partial charge in [-0.2, -0.15) is 0 Å². The topological polar surface area (TPSA) is 29.3 Å². The van der Waals surface area contributed by atoms with Crippen LogP contribution in [0, 0.1) is 11.3 Å². The molecule has 2 rings (SSSR count). The molecule has 0 spiro atoms. The number of nitrogens with two attached hydrogens (primary N) is 1. The number of likely N-dealkylation sites (tertiary alicyclic amines) is 1. The van der Waals surface area contributed by atoms with Gasteiger partial charge in [0.1, 0.15) is 0 Å². The Bertz CT molecular complexity index is 231. The summed E-state index contributed by atoms with van der Waals surface area (Å²) in [4.78, 5) is 2.69. The fourth-order valence-electron chi connectivity index (χ4n) is 4.08. The van der Waals surface area contributed by atoms with Crippen LogP contribution >= 0.6 is 0 Å². The minimum absolute atomic E-state index is 0.319. The summed E-state index contributed by atoms with van der Waals surface area (Å²) in [7, 11) is 0. The smallest absolute Gasteiger partial charge is 0.0362 e. The van der Waals surface area contributed by atoms with Gasteiger partial charge in [-0.15, -0.1) is 0 Å². The first kappa shape index (κ1) is 11.4. The maximum atomic E-state index is 6.12. The Kier molecular flexibility index (Phi) is 2.85. The first-order valence-electron chi connectivity index (χ1n) is 6.45. The Morgan fingerprint density at radius 1 is 1.27 bits per heavy atom. The summed E-state index contributed by atoms with van der Waals surface area (Å²) in [6.07, 6.45) is 5.36. The highest BCUT2D eigenvalue weighted by Crippen LogP contribution is 2.50. The van der Waals surface area contributed by atoms with Gasteiger partial charge in [0.15, 0.2) is 0 Å². The predicted molar refractivity (Wildman–Crippen MR) is 64.8 cm³/mol. The van der Waals surface area contributed by atoms with Crippen LogP contribution in [0.2, 0.25) is 0 Å². The second-order valence-electron chi connectivity index (χ2n) is 6.45. The molecule has 2 heteroatoms. The van der Waals surface area contributed by atoms with Crippen LogP contribution in [0.5, 0.6) is 0 Å². The summed E-state index contributed by atoms with van der Waals surface area (Å²) in [6.45, 7) is 10.6. The lowest BCUT2D eigenvalue weighted by Gasteiger charge is -2.42. The standard InChI is InChI=1S/C13H26N2/c1-11-8-12(2,3)9-13(11,10-14)15-6-4-5-7-15/h11H,4-10,14H2,1-3H3. The van der Waals surface area contributed by atoms with Gasteiger partial charge in [-0.25, -0.2) is 0 Å². The van der Waals surface area contributed by atoms with E-state index >= 15 is 0 Å². The Morgan fingerprint density at radius 2 is 1.87 bits per heavy atom. The van der Waals surface area contributed by atoms with Gasteiger partial charge in [-0.05, 0) is 50.1 Å². The lowest BCUT2D eigenvalue weighted by atomic mass is 9.85. The summed E-state index contributed by atoms with van der Waals surface area (Å²) in [5.41, 5.74) is 6.93. The van der Waals surface area contributed by atoms with E-state index in [4.69, 9.17) is 5.73 Å². The fourth-order valence-corrected chi connectivity index (χ4v) is 4.08. The number of rotatable bonds is 2. The summed E-state index contributed by atoms with van der Waals surface area (Å²) in [5, 5.41) is 0. The lowest BCUT2D eigenvalue weighted by Crippen LogP contribution is -2.54. The molecule has 0 aromatic heterocycles. The summed E-state index contributed by atoms with van der Waals surface area (Å²) >= 11 is 0. The Labute approximate surface area is 94.2 Å². The van der Waals surface area contributed by atoms with Gasteiger partial charge in [0, 0.05) is 12.1 Å². The molecular weight excluding hydrogens is 184 g/mol. The Hall–Kier alpha value is -0.0800. The molecule has 1 heterocycles. The van der Waals surface area contributed by atoms with E-state index in [1.54, 1.807) is 0 Å². The monoisotopic (exact) mass is 210 g/mol. The van der Waals surface area contributed by atoms with Gasteiger partial charge < -0.3 is 5.73 Å². The predicted octanol–water partition coefficient (Wildman–Crippen LogP) is 2.24. The molecule has 88 valence electrons. The molecule has 1 saturated carbocycles. The van der Waals surface area contributed by atoms with Gasteiger partial charge in [0.25, 0.3) is 0 Å². The first-order valence-corrected chi connectivity index (χ1v) is 6.45. The van der Waals surface area contributed by atoms with Gasteiger partial charge in [-0.1, -0.05) is 20.8 Å². The molecule has 2 atom stereocenters. The van der Waals surface area contributed by atoms with Crippen molar-refractivity contribution in [1.82, 2.24) is 4.90 Å². The Morgan fingerprint density at radius 3 is 2.27 bits per heavy atom. The average molecular weight is 210 g/mol. The number of hydrogen-bond acceptors (Lipinski definition) is 2. The van der Waals surface area contributed by atoms with Crippen molar-refractivity contribution in [2.75, 3.05) is 19.6 Å². The van der Waals surface area contributed by atoms with Crippen LogP contribution in [0.1, 0.15) is 46.5 Å². The molecule has 15 heavy (non-hydrogen) atoms. The molecule has 0 amide bonds. The van der Waals surface area contributed by atoms with Crippen molar-refractivity contribution in [2.24, 2.45) is 17.1 Å². The molecule has 1 aliphatic carbocycles. The van der Waals surface area contributed by atoms with Gasteiger partial charge >= 0.3 is 0 Å². The van der Waals surface area contributed by atoms with Crippen molar-refractivity contribution in [3.63, 3.8) is 0 Å². The van der Waals surface area contributed by atoms with Crippen LogP contribution in [-0.4, -0.2) is 30.1 Å². The second-order valence-corrected chi connectivity index (χ2v) is 6.45. The first-order chi connectivity index (χ1) is 7.00. The quantitative estimate of drug-likeness (QED) is 0.757. The lowest BCUT2D eigenvalue weighted by molar-refractivity contribution is 0.0839. The summed E-state index contributed by atoms with van der Waals surface area (Å²) in [5.74, 6) is 0.760. The van der Waals surface area contributed by atoms with E-state index in [2.05, 4.69) is 25.7 Å². The van der Waals surface area contributed by atoms with E-state index in [9.17, 15) is 0 Å². The van der Waals surface area contributed by atoms with Crippen molar-refractivity contribution in [3.8, 4) is 0 Å². The molecule has 2 aliphatic rings. The maximum absolute atomic E-state index is 6.12. The van der Waals surface area contributed by atoms with Gasteiger partial charge in [0.05, 0.1) is 0 Å². The molecule has 2 nitrogen and oxygen atoms in total. The van der Waals surface area contributed by atoms with Crippen molar-refractivity contribution < 1.29 is 0 Å². The zero-order valence-electron chi connectivity index (χ0n) is 10.6. The van der Waals surface area contributed by atoms with Crippen LogP contribution in [0.4, 0.5) is 0 Å². The van der Waals surface area contributed by atoms with E-state index < -0.39 is 0 Å². The maximum Gasteiger partial charge on any atom is 0.0362 e. The molecular formula is C13H26N2. The van der Waals surface area contributed by atoms with Crippen LogP contribution in [0.3, 0.4) is 0 Å². The van der Waals surface area contributed by atoms with Crippen LogP contribution in [-0.2, 0) is 0 Å². The van der Waals surface area contributed by atoms with Crippen molar-refractivity contribution >= 4 is 0 Å².